The lowest BCUT2D eigenvalue weighted by molar-refractivity contribution is -0.143. The number of benzene rings is 2. The summed E-state index contributed by atoms with van der Waals surface area (Å²) >= 11 is 1.40. The molecule has 4 nitrogen and oxygen atoms in total. The molecule has 130 valence electrons. The molecular weight excluding hydrogens is 348 g/mol. The molecule has 0 saturated carbocycles. The van der Waals surface area contributed by atoms with E-state index in [4.69, 9.17) is 9.47 Å². The first-order chi connectivity index (χ1) is 12.6. The van der Waals surface area contributed by atoms with E-state index in [1.807, 2.05) is 61.5 Å². The Kier molecular flexibility index (Phi) is 4.31. The van der Waals surface area contributed by atoms with Crippen LogP contribution in [0.25, 0.3) is 0 Å². The number of fused-ring (bicyclic) bond motifs is 2. The van der Waals surface area contributed by atoms with Crippen molar-refractivity contribution in [3.05, 3.63) is 81.5 Å². The molecule has 1 aliphatic heterocycles. The van der Waals surface area contributed by atoms with Gasteiger partial charge in [0.25, 0.3) is 0 Å². The van der Waals surface area contributed by atoms with Gasteiger partial charge in [0.1, 0.15) is 17.4 Å². The smallest absolute Gasteiger partial charge is 0.318 e. The minimum atomic E-state index is -0.603. The van der Waals surface area contributed by atoms with Gasteiger partial charge in [-0.25, -0.2) is 0 Å². The minimum Gasteiger partial charge on any atom is -0.457 e. The van der Waals surface area contributed by atoms with Gasteiger partial charge < -0.3 is 9.47 Å². The first-order valence-electron chi connectivity index (χ1n) is 8.25. The quantitative estimate of drug-likeness (QED) is 0.496. The van der Waals surface area contributed by atoms with Gasteiger partial charge in [0, 0.05) is 16.0 Å². The second-order valence-corrected chi connectivity index (χ2v) is 7.34. The van der Waals surface area contributed by atoms with Crippen LogP contribution in [0.3, 0.4) is 0 Å². The maximum Gasteiger partial charge on any atom is 0.318 e. The number of esters is 1. The molecule has 4 rings (SSSR count). The summed E-state index contributed by atoms with van der Waals surface area (Å²) < 4.78 is 11.3. The van der Waals surface area contributed by atoms with Gasteiger partial charge >= 0.3 is 5.97 Å². The normalized spacial score (nSPS) is 12.7. The fourth-order valence-electron chi connectivity index (χ4n) is 3.04. The number of ether oxygens (including phenoxy) is 2. The second kappa shape index (κ2) is 6.77. The average molecular weight is 364 g/mol. The summed E-state index contributed by atoms with van der Waals surface area (Å²) in [5, 5.41) is 0. The number of rotatable bonds is 4. The third-order valence-corrected chi connectivity index (χ3v) is 5.32. The second-order valence-electron chi connectivity index (χ2n) is 6.05. The van der Waals surface area contributed by atoms with Crippen molar-refractivity contribution in [3.63, 3.8) is 0 Å². The lowest BCUT2D eigenvalue weighted by Crippen LogP contribution is -2.23. The molecule has 2 heterocycles. The summed E-state index contributed by atoms with van der Waals surface area (Å²) in [6.45, 7) is 1.67. The zero-order valence-corrected chi connectivity index (χ0v) is 14.9. The van der Waals surface area contributed by atoms with E-state index in [-0.39, 0.29) is 12.4 Å². The fraction of sp³-hybridized carbons (Fsp3) is 0.143. The molecular formula is C21H16O4S. The molecule has 0 bridgehead atoms. The molecule has 0 unspecified atom stereocenters. The van der Waals surface area contributed by atoms with Crippen molar-refractivity contribution in [2.45, 2.75) is 12.8 Å². The fourth-order valence-corrected chi connectivity index (χ4v) is 3.83. The number of Topliss-reactive ketones (excluding diaryl/α,β-unsaturated/α-hetero) is 1. The van der Waals surface area contributed by atoms with Crippen LogP contribution >= 0.6 is 11.3 Å². The molecule has 0 spiro atoms. The average Bonchev–Trinajstić information content (AvgIpc) is 3.10. The van der Waals surface area contributed by atoms with Gasteiger partial charge in [-0.3, -0.25) is 9.59 Å². The number of carbonyl (C=O) groups excluding carboxylic acids is 2. The molecule has 2 aromatic carbocycles. The van der Waals surface area contributed by atoms with Gasteiger partial charge in [-0.05, 0) is 31.2 Å². The van der Waals surface area contributed by atoms with E-state index < -0.39 is 11.9 Å². The van der Waals surface area contributed by atoms with Crippen LogP contribution in [0.4, 0.5) is 0 Å². The summed E-state index contributed by atoms with van der Waals surface area (Å²) in [5.41, 5.74) is 1.49. The maximum absolute atomic E-state index is 12.8. The largest absolute Gasteiger partial charge is 0.457 e. The zero-order chi connectivity index (χ0) is 18.1. The number of hydrogen-bond donors (Lipinski definition) is 0. The third-order valence-electron chi connectivity index (χ3n) is 4.28. The number of para-hydroxylation sites is 2. The van der Waals surface area contributed by atoms with Gasteiger partial charge in [-0.1, -0.05) is 36.4 Å². The number of ketones is 1. The SMILES string of the molecule is Cc1ccc(C(=O)COC(=O)C2c3ccccc3Oc3ccccc32)s1. The third kappa shape index (κ3) is 3.02. The Morgan fingerprint density at radius 3 is 2.15 bits per heavy atom. The van der Waals surface area contributed by atoms with Gasteiger partial charge in [-0.2, -0.15) is 0 Å². The van der Waals surface area contributed by atoms with Crippen LogP contribution in [0.15, 0.2) is 60.7 Å². The zero-order valence-electron chi connectivity index (χ0n) is 14.1. The van der Waals surface area contributed by atoms with Crippen molar-refractivity contribution in [2.75, 3.05) is 6.61 Å². The summed E-state index contributed by atoms with van der Waals surface area (Å²) in [6.07, 6.45) is 0. The molecule has 0 fully saturated rings. The number of carbonyl (C=O) groups is 2. The molecule has 1 aliphatic rings. The summed E-state index contributed by atoms with van der Waals surface area (Å²) in [5.74, 6) is 0.0237. The highest BCUT2D eigenvalue weighted by Gasteiger charge is 2.33. The van der Waals surface area contributed by atoms with Crippen LogP contribution in [0.2, 0.25) is 0 Å². The van der Waals surface area contributed by atoms with Crippen molar-refractivity contribution in [3.8, 4) is 11.5 Å². The monoisotopic (exact) mass is 364 g/mol. The van der Waals surface area contributed by atoms with Crippen LogP contribution < -0.4 is 4.74 Å². The molecule has 5 heteroatoms. The highest BCUT2D eigenvalue weighted by atomic mass is 32.1. The molecule has 1 aromatic heterocycles. The van der Waals surface area contributed by atoms with Crippen LogP contribution in [0.1, 0.15) is 31.6 Å². The van der Waals surface area contributed by atoms with E-state index in [2.05, 4.69) is 0 Å². The van der Waals surface area contributed by atoms with Gasteiger partial charge in [0.15, 0.2) is 6.61 Å². The Balaban J connectivity index is 1.58. The van der Waals surface area contributed by atoms with E-state index in [9.17, 15) is 9.59 Å². The van der Waals surface area contributed by atoms with Crippen LogP contribution in [-0.4, -0.2) is 18.4 Å². The van der Waals surface area contributed by atoms with E-state index in [0.717, 1.165) is 16.0 Å². The number of thiophene rings is 1. The van der Waals surface area contributed by atoms with Gasteiger partial charge in [0.2, 0.25) is 5.78 Å². The van der Waals surface area contributed by atoms with E-state index in [1.54, 1.807) is 6.07 Å². The van der Waals surface area contributed by atoms with Gasteiger partial charge in [0.05, 0.1) is 4.88 Å². The molecule has 26 heavy (non-hydrogen) atoms. The Bertz CT molecular complexity index is 943. The van der Waals surface area contributed by atoms with Crippen LogP contribution in [0.5, 0.6) is 11.5 Å². The van der Waals surface area contributed by atoms with Crippen LogP contribution in [0, 0.1) is 6.92 Å². The van der Waals surface area contributed by atoms with Crippen molar-refractivity contribution >= 4 is 23.1 Å². The number of hydrogen-bond acceptors (Lipinski definition) is 5. The highest BCUT2D eigenvalue weighted by Crippen LogP contribution is 2.44. The predicted octanol–water partition coefficient (Wildman–Crippen LogP) is 4.72. The first kappa shape index (κ1) is 16.5. The maximum atomic E-state index is 12.8. The summed E-state index contributed by atoms with van der Waals surface area (Å²) in [7, 11) is 0. The molecule has 0 aliphatic carbocycles. The van der Waals surface area contributed by atoms with E-state index >= 15 is 0 Å². The highest BCUT2D eigenvalue weighted by molar-refractivity contribution is 7.14. The van der Waals surface area contributed by atoms with Gasteiger partial charge in [-0.15, -0.1) is 11.3 Å². The standard InChI is InChI=1S/C21H16O4S/c1-13-10-11-19(26-13)16(22)12-24-21(23)20-14-6-2-4-8-17(14)25-18-9-5-3-7-15(18)20/h2-11,20H,12H2,1H3. The molecule has 0 saturated heterocycles. The van der Waals surface area contributed by atoms with E-state index in [0.29, 0.717) is 16.4 Å². The minimum absolute atomic E-state index is 0.190. The molecule has 3 aromatic rings. The Hall–Kier alpha value is -2.92. The van der Waals surface area contributed by atoms with E-state index in [1.165, 1.54) is 11.3 Å². The van der Waals surface area contributed by atoms with Crippen molar-refractivity contribution < 1.29 is 19.1 Å². The summed E-state index contributed by atoms with van der Waals surface area (Å²) in [6, 6.07) is 18.4. The Morgan fingerprint density at radius 2 is 1.58 bits per heavy atom. The molecule has 0 atom stereocenters. The van der Waals surface area contributed by atoms with Crippen LogP contribution in [-0.2, 0) is 9.53 Å². The topological polar surface area (TPSA) is 52.6 Å². The lowest BCUT2D eigenvalue weighted by Gasteiger charge is -2.26. The first-order valence-corrected chi connectivity index (χ1v) is 9.07. The Morgan fingerprint density at radius 1 is 0.962 bits per heavy atom. The molecule has 0 radical (unpaired) electrons. The lowest BCUT2D eigenvalue weighted by atomic mass is 9.88. The van der Waals surface area contributed by atoms with Crippen molar-refractivity contribution in [2.24, 2.45) is 0 Å². The summed E-state index contributed by atoms with van der Waals surface area (Å²) in [4.78, 5) is 26.7. The van der Waals surface area contributed by atoms with Crippen molar-refractivity contribution in [1.82, 2.24) is 0 Å². The van der Waals surface area contributed by atoms with Crippen molar-refractivity contribution in [1.29, 1.82) is 0 Å². The Labute approximate surface area is 155 Å². The number of aryl methyl sites for hydroxylation is 1. The molecule has 0 amide bonds. The predicted molar refractivity (Wildman–Crippen MR) is 99.1 cm³/mol. The molecule has 0 N–H and O–H groups in total.